The highest BCUT2D eigenvalue weighted by atomic mass is 16.3. The first-order valence-electron chi connectivity index (χ1n) is 8.46. The molecule has 2 aromatic rings. The molecule has 2 atom stereocenters. The number of hydrogen-bond acceptors (Lipinski definition) is 4. The summed E-state index contributed by atoms with van der Waals surface area (Å²) in [6.45, 7) is 6.96. The van der Waals surface area contributed by atoms with Crippen molar-refractivity contribution in [2.75, 3.05) is 19.7 Å². The Balaban J connectivity index is 1.81. The summed E-state index contributed by atoms with van der Waals surface area (Å²) >= 11 is 0. The van der Waals surface area contributed by atoms with Gasteiger partial charge in [0.15, 0.2) is 0 Å². The highest BCUT2D eigenvalue weighted by Gasteiger charge is 2.30. The molecule has 0 bridgehead atoms. The number of furan rings is 1. The maximum Gasteiger partial charge on any atom is 0.227 e. The molecule has 1 aliphatic rings. The van der Waals surface area contributed by atoms with E-state index in [4.69, 9.17) is 4.42 Å². The minimum absolute atomic E-state index is 0.00855. The van der Waals surface area contributed by atoms with Crippen molar-refractivity contribution >= 4 is 16.9 Å². The molecule has 1 aliphatic heterocycles. The van der Waals surface area contributed by atoms with Gasteiger partial charge in [0.2, 0.25) is 5.91 Å². The molecule has 1 amide bonds. The molecular formula is C19H25NO4. The molecule has 3 rings (SSSR count). The Morgan fingerprint density at radius 3 is 2.75 bits per heavy atom. The maximum absolute atomic E-state index is 12.6. The lowest BCUT2D eigenvalue weighted by Gasteiger charge is -2.35. The van der Waals surface area contributed by atoms with Crippen LogP contribution in [-0.2, 0) is 11.2 Å². The van der Waals surface area contributed by atoms with Crippen molar-refractivity contribution in [3.8, 4) is 0 Å². The third-order valence-electron chi connectivity index (χ3n) is 5.28. The predicted octanol–water partition coefficient (Wildman–Crippen LogP) is 2.10. The van der Waals surface area contributed by atoms with Gasteiger partial charge in [0.1, 0.15) is 5.58 Å². The molecule has 0 saturated carbocycles. The van der Waals surface area contributed by atoms with Crippen molar-refractivity contribution in [1.29, 1.82) is 0 Å². The summed E-state index contributed by atoms with van der Waals surface area (Å²) in [5.74, 6) is -0.137. The Labute approximate surface area is 141 Å². The molecule has 2 N–H and O–H groups in total. The minimum Gasteiger partial charge on any atom is -0.464 e. The van der Waals surface area contributed by atoms with Crippen molar-refractivity contribution in [3.05, 3.63) is 34.6 Å². The number of carbonyl (C=O) groups excluding carboxylic acids is 1. The Bertz CT molecular complexity index is 764. The molecule has 0 aliphatic carbocycles. The predicted molar refractivity (Wildman–Crippen MR) is 91.9 cm³/mol. The van der Waals surface area contributed by atoms with Crippen LogP contribution in [0.5, 0.6) is 0 Å². The van der Waals surface area contributed by atoms with Crippen LogP contribution in [0.25, 0.3) is 11.0 Å². The van der Waals surface area contributed by atoms with E-state index in [0.717, 1.165) is 27.7 Å². The van der Waals surface area contributed by atoms with E-state index < -0.39 is 6.10 Å². The Hall–Kier alpha value is -1.85. The van der Waals surface area contributed by atoms with Crippen LogP contribution in [0.1, 0.15) is 28.7 Å². The fourth-order valence-corrected chi connectivity index (χ4v) is 3.61. The molecule has 130 valence electrons. The molecule has 5 nitrogen and oxygen atoms in total. The summed E-state index contributed by atoms with van der Waals surface area (Å²) in [5.41, 5.74) is 5.15. The van der Waals surface area contributed by atoms with Gasteiger partial charge >= 0.3 is 0 Å². The number of fused-ring (bicyclic) bond motifs is 1. The van der Waals surface area contributed by atoms with E-state index in [0.29, 0.717) is 13.0 Å². The lowest BCUT2D eigenvalue weighted by Crippen LogP contribution is -2.48. The zero-order chi connectivity index (χ0) is 17.4. The van der Waals surface area contributed by atoms with Crippen LogP contribution in [0.4, 0.5) is 0 Å². The van der Waals surface area contributed by atoms with E-state index in [1.54, 1.807) is 11.2 Å². The van der Waals surface area contributed by atoms with Crippen molar-refractivity contribution in [1.82, 2.24) is 4.90 Å². The van der Waals surface area contributed by atoms with E-state index in [-0.39, 0.29) is 31.4 Å². The molecular weight excluding hydrogens is 306 g/mol. The lowest BCUT2D eigenvalue weighted by molar-refractivity contribution is -0.135. The second-order valence-corrected chi connectivity index (χ2v) is 6.92. The van der Waals surface area contributed by atoms with Gasteiger partial charge in [0, 0.05) is 36.6 Å². The van der Waals surface area contributed by atoms with Crippen LogP contribution >= 0.6 is 0 Å². The maximum atomic E-state index is 12.6. The molecule has 1 saturated heterocycles. The monoisotopic (exact) mass is 331 g/mol. The second-order valence-electron chi connectivity index (χ2n) is 6.92. The standard InChI is InChI=1S/C19H25NO4/c1-11-6-12(2)18-15(10-24-19(18)13(11)3)7-17(23)20-5-4-14(9-21)16(22)8-20/h6,10,14,16,21-22H,4-5,7-9H2,1-3H3/t14-,16+/m0/s1. The van der Waals surface area contributed by atoms with Gasteiger partial charge in [0.25, 0.3) is 0 Å². The largest absolute Gasteiger partial charge is 0.464 e. The van der Waals surface area contributed by atoms with Crippen LogP contribution < -0.4 is 0 Å². The summed E-state index contributed by atoms with van der Waals surface area (Å²) in [4.78, 5) is 14.3. The van der Waals surface area contributed by atoms with Crippen molar-refractivity contribution in [3.63, 3.8) is 0 Å². The zero-order valence-electron chi connectivity index (χ0n) is 14.5. The first-order chi connectivity index (χ1) is 11.4. The van der Waals surface area contributed by atoms with E-state index in [9.17, 15) is 15.0 Å². The number of nitrogens with zero attached hydrogens (tertiary/aromatic N) is 1. The van der Waals surface area contributed by atoms with Gasteiger partial charge in [-0.2, -0.15) is 0 Å². The molecule has 2 heterocycles. The number of aryl methyl sites for hydroxylation is 3. The quantitative estimate of drug-likeness (QED) is 0.903. The normalized spacial score (nSPS) is 21.5. The smallest absolute Gasteiger partial charge is 0.227 e. The number of hydrogen-bond donors (Lipinski definition) is 2. The Morgan fingerprint density at radius 1 is 1.33 bits per heavy atom. The Morgan fingerprint density at radius 2 is 2.08 bits per heavy atom. The first-order valence-corrected chi connectivity index (χ1v) is 8.46. The number of piperidine rings is 1. The van der Waals surface area contributed by atoms with Crippen molar-refractivity contribution in [2.45, 2.75) is 39.7 Å². The number of benzene rings is 1. The van der Waals surface area contributed by atoms with Crippen molar-refractivity contribution < 1.29 is 19.4 Å². The van der Waals surface area contributed by atoms with Gasteiger partial charge in [-0.3, -0.25) is 4.79 Å². The highest BCUT2D eigenvalue weighted by Crippen LogP contribution is 2.30. The zero-order valence-corrected chi connectivity index (χ0v) is 14.5. The molecule has 1 aromatic carbocycles. The second kappa shape index (κ2) is 6.57. The van der Waals surface area contributed by atoms with Crippen LogP contribution in [0.3, 0.4) is 0 Å². The minimum atomic E-state index is -0.652. The number of aliphatic hydroxyl groups is 2. The fourth-order valence-electron chi connectivity index (χ4n) is 3.61. The summed E-state index contributed by atoms with van der Waals surface area (Å²) in [5, 5.41) is 20.3. The van der Waals surface area contributed by atoms with Gasteiger partial charge in [-0.15, -0.1) is 0 Å². The fraction of sp³-hybridized carbons (Fsp3) is 0.526. The third-order valence-corrected chi connectivity index (χ3v) is 5.28. The van der Waals surface area contributed by atoms with Gasteiger partial charge in [-0.1, -0.05) is 6.07 Å². The third kappa shape index (κ3) is 2.94. The van der Waals surface area contributed by atoms with E-state index >= 15 is 0 Å². The Kier molecular flexibility index (Phi) is 4.65. The molecule has 1 fully saturated rings. The number of carbonyl (C=O) groups is 1. The number of β-amino-alcohol motifs (C(OH)–C–C–N with tert-alkyl or cyclic N) is 1. The average Bonchev–Trinajstić information content (AvgIpc) is 2.97. The lowest BCUT2D eigenvalue weighted by atomic mass is 9.94. The van der Waals surface area contributed by atoms with Gasteiger partial charge in [0.05, 0.1) is 18.8 Å². The van der Waals surface area contributed by atoms with Crippen molar-refractivity contribution in [2.24, 2.45) is 5.92 Å². The van der Waals surface area contributed by atoms with Gasteiger partial charge in [-0.25, -0.2) is 0 Å². The highest BCUT2D eigenvalue weighted by molar-refractivity contribution is 5.92. The summed E-state index contributed by atoms with van der Waals surface area (Å²) in [6, 6.07) is 2.12. The van der Waals surface area contributed by atoms with E-state index in [2.05, 4.69) is 13.0 Å². The number of amides is 1. The SMILES string of the molecule is Cc1cc(C)c2c(CC(=O)N3CC[C@@H](CO)[C@H](O)C3)coc2c1C. The van der Waals surface area contributed by atoms with Gasteiger partial charge in [-0.05, 0) is 43.9 Å². The number of likely N-dealkylation sites (tertiary alicyclic amines) is 1. The van der Waals surface area contributed by atoms with Gasteiger partial charge < -0.3 is 19.5 Å². The van der Waals surface area contributed by atoms with Crippen LogP contribution in [0, 0.1) is 26.7 Å². The van der Waals surface area contributed by atoms with E-state index in [1.807, 2.05) is 13.8 Å². The summed E-state index contributed by atoms with van der Waals surface area (Å²) in [7, 11) is 0. The van der Waals surface area contributed by atoms with E-state index in [1.165, 1.54) is 5.56 Å². The molecule has 24 heavy (non-hydrogen) atoms. The molecule has 5 heteroatoms. The summed E-state index contributed by atoms with van der Waals surface area (Å²) in [6.07, 6.45) is 1.93. The summed E-state index contributed by atoms with van der Waals surface area (Å²) < 4.78 is 5.73. The first kappa shape index (κ1) is 17.0. The molecule has 0 radical (unpaired) electrons. The number of aliphatic hydroxyl groups excluding tert-OH is 2. The number of rotatable bonds is 3. The van der Waals surface area contributed by atoms with Crippen LogP contribution in [-0.4, -0.2) is 46.8 Å². The van der Waals surface area contributed by atoms with Crippen LogP contribution in [0.15, 0.2) is 16.7 Å². The van der Waals surface area contributed by atoms with Crippen LogP contribution in [0.2, 0.25) is 0 Å². The topological polar surface area (TPSA) is 73.9 Å². The molecule has 0 spiro atoms. The molecule has 0 unspecified atom stereocenters. The average molecular weight is 331 g/mol. The molecule has 1 aromatic heterocycles.